The summed E-state index contributed by atoms with van der Waals surface area (Å²) in [5.74, 6) is 1.64. The highest BCUT2D eigenvalue weighted by molar-refractivity contribution is 5.39. The van der Waals surface area contributed by atoms with Crippen LogP contribution in [0.4, 0.5) is 0 Å². The van der Waals surface area contributed by atoms with E-state index in [1.165, 1.54) is 23.1 Å². The van der Waals surface area contributed by atoms with Gasteiger partial charge in [0.1, 0.15) is 5.75 Å². The van der Waals surface area contributed by atoms with E-state index in [9.17, 15) is 0 Å². The predicted molar refractivity (Wildman–Crippen MR) is 86.9 cm³/mol. The number of hydrogen-bond acceptors (Lipinski definition) is 2. The molecule has 0 heterocycles. The number of methoxy groups -OCH3 is 1. The lowest BCUT2D eigenvalue weighted by Crippen LogP contribution is -2.22. The van der Waals surface area contributed by atoms with Crippen LogP contribution in [-0.4, -0.2) is 13.2 Å². The summed E-state index contributed by atoms with van der Waals surface area (Å²) in [6, 6.07) is 18.1. The van der Waals surface area contributed by atoms with E-state index in [-0.39, 0.29) is 0 Å². The standard InChI is InChI=1S/C19H23NO/c1-13-9-10-16(19(11-13)21-3)14(2)20-18-12-17(18)15-7-5-4-6-8-15/h4-11,14,17-18,20H,12H2,1-3H3. The van der Waals surface area contributed by atoms with Gasteiger partial charge in [0.15, 0.2) is 0 Å². The van der Waals surface area contributed by atoms with Crippen molar-refractivity contribution in [3.63, 3.8) is 0 Å². The molecule has 0 spiro atoms. The lowest BCUT2D eigenvalue weighted by Gasteiger charge is -2.18. The Balaban J connectivity index is 1.67. The Morgan fingerprint density at radius 2 is 1.90 bits per heavy atom. The topological polar surface area (TPSA) is 21.3 Å². The van der Waals surface area contributed by atoms with Crippen molar-refractivity contribution >= 4 is 0 Å². The number of nitrogens with one attached hydrogen (secondary N) is 1. The SMILES string of the molecule is COc1cc(C)ccc1C(C)NC1CC1c1ccccc1. The van der Waals surface area contributed by atoms with E-state index in [4.69, 9.17) is 4.74 Å². The van der Waals surface area contributed by atoms with Crippen LogP contribution in [-0.2, 0) is 0 Å². The van der Waals surface area contributed by atoms with E-state index in [1.807, 2.05) is 0 Å². The van der Waals surface area contributed by atoms with Gasteiger partial charge >= 0.3 is 0 Å². The summed E-state index contributed by atoms with van der Waals surface area (Å²) < 4.78 is 5.52. The predicted octanol–water partition coefficient (Wildman–Crippen LogP) is 4.21. The Kier molecular flexibility index (Phi) is 3.98. The minimum absolute atomic E-state index is 0.305. The van der Waals surface area contributed by atoms with Gasteiger partial charge in [-0.25, -0.2) is 0 Å². The van der Waals surface area contributed by atoms with E-state index in [0.29, 0.717) is 18.0 Å². The molecule has 3 rings (SSSR count). The molecule has 0 aliphatic heterocycles. The van der Waals surface area contributed by atoms with Gasteiger partial charge in [0.25, 0.3) is 0 Å². The molecular weight excluding hydrogens is 258 g/mol. The first-order valence-corrected chi connectivity index (χ1v) is 7.64. The second-order valence-corrected chi connectivity index (χ2v) is 5.99. The van der Waals surface area contributed by atoms with Crippen LogP contribution in [0.15, 0.2) is 48.5 Å². The molecule has 3 atom stereocenters. The van der Waals surface area contributed by atoms with Crippen molar-refractivity contribution in [2.24, 2.45) is 0 Å². The monoisotopic (exact) mass is 281 g/mol. The van der Waals surface area contributed by atoms with Gasteiger partial charge in [0, 0.05) is 23.6 Å². The third-order valence-corrected chi connectivity index (χ3v) is 4.34. The Labute approximate surface area is 127 Å². The van der Waals surface area contributed by atoms with Crippen molar-refractivity contribution in [1.82, 2.24) is 5.32 Å². The van der Waals surface area contributed by atoms with Crippen LogP contribution < -0.4 is 10.1 Å². The summed E-state index contributed by atoms with van der Waals surface area (Å²) in [5.41, 5.74) is 3.91. The van der Waals surface area contributed by atoms with Crippen molar-refractivity contribution < 1.29 is 4.74 Å². The van der Waals surface area contributed by atoms with Crippen LogP contribution in [0.1, 0.15) is 42.0 Å². The molecule has 1 N–H and O–H groups in total. The van der Waals surface area contributed by atoms with Gasteiger partial charge in [-0.1, -0.05) is 42.5 Å². The minimum Gasteiger partial charge on any atom is -0.496 e. The van der Waals surface area contributed by atoms with E-state index >= 15 is 0 Å². The molecule has 2 nitrogen and oxygen atoms in total. The smallest absolute Gasteiger partial charge is 0.123 e. The lowest BCUT2D eigenvalue weighted by molar-refractivity contribution is 0.401. The van der Waals surface area contributed by atoms with Gasteiger partial charge < -0.3 is 10.1 Å². The zero-order chi connectivity index (χ0) is 14.8. The van der Waals surface area contributed by atoms with Crippen LogP contribution in [0.2, 0.25) is 0 Å². The summed E-state index contributed by atoms with van der Waals surface area (Å²) in [7, 11) is 1.74. The van der Waals surface area contributed by atoms with Gasteiger partial charge in [0.05, 0.1) is 7.11 Å². The van der Waals surface area contributed by atoms with E-state index in [0.717, 1.165) is 5.75 Å². The molecule has 2 heteroatoms. The zero-order valence-electron chi connectivity index (χ0n) is 13.0. The highest BCUT2D eigenvalue weighted by atomic mass is 16.5. The zero-order valence-corrected chi connectivity index (χ0v) is 13.0. The molecule has 0 amide bonds. The van der Waals surface area contributed by atoms with Crippen molar-refractivity contribution in [2.75, 3.05) is 7.11 Å². The Morgan fingerprint density at radius 1 is 1.14 bits per heavy atom. The molecule has 1 saturated carbocycles. The Morgan fingerprint density at radius 3 is 2.62 bits per heavy atom. The van der Waals surface area contributed by atoms with Crippen molar-refractivity contribution in [1.29, 1.82) is 0 Å². The van der Waals surface area contributed by atoms with Gasteiger partial charge in [-0.3, -0.25) is 0 Å². The summed E-state index contributed by atoms with van der Waals surface area (Å²) in [6.07, 6.45) is 1.22. The molecule has 3 unspecified atom stereocenters. The molecule has 0 saturated heterocycles. The van der Waals surface area contributed by atoms with E-state index in [1.54, 1.807) is 7.11 Å². The van der Waals surface area contributed by atoms with Crippen LogP contribution in [0, 0.1) is 6.92 Å². The molecule has 0 radical (unpaired) electrons. The fourth-order valence-electron chi connectivity index (χ4n) is 3.03. The highest BCUT2D eigenvalue weighted by Crippen LogP contribution is 2.42. The first-order valence-electron chi connectivity index (χ1n) is 7.64. The molecule has 2 aromatic carbocycles. The van der Waals surface area contributed by atoms with Crippen molar-refractivity contribution in [3.8, 4) is 5.75 Å². The summed E-state index contributed by atoms with van der Waals surface area (Å²) in [5, 5.41) is 3.73. The van der Waals surface area contributed by atoms with Crippen LogP contribution in [0.25, 0.3) is 0 Å². The van der Waals surface area contributed by atoms with E-state index in [2.05, 4.69) is 67.7 Å². The molecule has 0 aromatic heterocycles. The third-order valence-electron chi connectivity index (χ3n) is 4.34. The highest BCUT2D eigenvalue weighted by Gasteiger charge is 2.39. The maximum atomic E-state index is 5.52. The normalized spacial score (nSPS) is 21.9. The summed E-state index contributed by atoms with van der Waals surface area (Å²) in [4.78, 5) is 0. The van der Waals surface area contributed by atoms with Crippen LogP contribution in [0.5, 0.6) is 5.75 Å². The molecule has 0 bridgehead atoms. The number of ether oxygens (including phenoxy) is 1. The number of hydrogen-bond donors (Lipinski definition) is 1. The largest absolute Gasteiger partial charge is 0.496 e. The fraction of sp³-hybridized carbons (Fsp3) is 0.368. The summed E-state index contributed by atoms with van der Waals surface area (Å²) in [6.45, 7) is 4.31. The first kappa shape index (κ1) is 14.2. The maximum Gasteiger partial charge on any atom is 0.123 e. The third kappa shape index (κ3) is 3.11. The molecule has 21 heavy (non-hydrogen) atoms. The maximum absolute atomic E-state index is 5.52. The van der Waals surface area contributed by atoms with Gasteiger partial charge in [-0.05, 0) is 37.5 Å². The molecule has 2 aromatic rings. The lowest BCUT2D eigenvalue weighted by atomic mass is 10.0. The number of rotatable bonds is 5. The van der Waals surface area contributed by atoms with Crippen LogP contribution in [0.3, 0.4) is 0 Å². The van der Waals surface area contributed by atoms with Crippen LogP contribution >= 0.6 is 0 Å². The fourth-order valence-corrected chi connectivity index (χ4v) is 3.03. The van der Waals surface area contributed by atoms with Gasteiger partial charge in [0.2, 0.25) is 0 Å². The molecular formula is C19H23NO. The molecule has 1 aliphatic rings. The van der Waals surface area contributed by atoms with Gasteiger partial charge in [-0.15, -0.1) is 0 Å². The number of benzene rings is 2. The number of aryl methyl sites for hydroxylation is 1. The first-order chi connectivity index (χ1) is 10.2. The van der Waals surface area contributed by atoms with Crippen molar-refractivity contribution in [2.45, 2.75) is 38.3 Å². The molecule has 1 fully saturated rings. The average molecular weight is 281 g/mol. The Bertz CT molecular complexity index is 608. The van der Waals surface area contributed by atoms with Gasteiger partial charge in [-0.2, -0.15) is 0 Å². The molecule has 110 valence electrons. The average Bonchev–Trinajstić information content (AvgIpc) is 3.27. The quantitative estimate of drug-likeness (QED) is 0.886. The second kappa shape index (κ2) is 5.90. The summed E-state index contributed by atoms with van der Waals surface area (Å²) >= 11 is 0. The minimum atomic E-state index is 0.305. The van der Waals surface area contributed by atoms with E-state index < -0.39 is 0 Å². The second-order valence-electron chi connectivity index (χ2n) is 5.99. The molecule has 1 aliphatic carbocycles. The van der Waals surface area contributed by atoms with Crippen molar-refractivity contribution in [3.05, 3.63) is 65.2 Å². The Hall–Kier alpha value is -1.80.